The van der Waals surface area contributed by atoms with Crippen LogP contribution in [0.2, 0.25) is 0 Å². The Kier molecular flexibility index (Phi) is 6.44. The van der Waals surface area contributed by atoms with Gasteiger partial charge in [-0.2, -0.15) is 0 Å². The Morgan fingerprint density at radius 3 is 2.39 bits per heavy atom. The van der Waals surface area contributed by atoms with E-state index in [1.807, 2.05) is 0 Å². The van der Waals surface area contributed by atoms with Crippen molar-refractivity contribution in [3.05, 3.63) is 35.4 Å². The van der Waals surface area contributed by atoms with Gasteiger partial charge in [0.2, 0.25) is 5.91 Å². The first-order chi connectivity index (χ1) is 13.5. The Labute approximate surface area is 164 Å². The van der Waals surface area contributed by atoms with Gasteiger partial charge in [0.15, 0.2) is 0 Å². The molecule has 1 fully saturated rings. The van der Waals surface area contributed by atoms with Gasteiger partial charge in [-0.15, -0.1) is 0 Å². The van der Waals surface area contributed by atoms with Crippen LogP contribution in [0.15, 0.2) is 24.3 Å². The third kappa shape index (κ3) is 4.24. The minimum Gasteiger partial charge on any atom is -0.469 e. The topological polar surface area (TPSA) is 84.0 Å². The lowest BCUT2D eigenvalue weighted by molar-refractivity contribution is -0.149. The number of carbonyl (C=O) groups is 4. The largest absolute Gasteiger partial charge is 0.469 e. The zero-order valence-corrected chi connectivity index (χ0v) is 16.2. The van der Waals surface area contributed by atoms with Crippen LogP contribution in [0.25, 0.3) is 0 Å². The van der Waals surface area contributed by atoms with Crippen LogP contribution < -0.4 is 0 Å². The second kappa shape index (κ2) is 8.99. The molecule has 0 N–H and O–H groups in total. The summed E-state index contributed by atoms with van der Waals surface area (Å²) in [5.41, 5.74) is 0.931. The number of imide groups is 1. The number of ether oxygens (including phenoxy) is 1. The van der Waals surface area contributed by atoms with Crippen LogP contribution in [0, 0.1) is 5.92 Å². The van der Waals surface area contributed by atoms with Gasteiger partial charge in [-0.25, -0.2) is 0 Å². The highest BCUT2D eigenvalue weighted by molar-refractivity contribution is 6.21. The molecule has 2 aliphatic heterocycles. The fourth-order valence-corrected chi connectivity index (χ4v) is 3.89. The molecule has 0 bridgehead atoms. The van der Waals surface area contributed by atoms with Gasteiger partial charge in [-0.1, -0.05) is 18.6 Å². The molecule has 3 rings (SSSR count). The summed E-state index contributed by atoms with van der Waals surface area (Å²) in [4.78, 5) is 51.7. The molecular formula is C21H26N2O5. The number of benzene rings is 1. The van der Waals surface area contributed by atoms with E-state index in [-0.39, 0.29) is 29.6 Å². The number of amides is 3. The first-order valence-corrected chi connectivity index (χ1v) is 9.83. The SMILES string of the molecule is COC(=O)C1CCCN(C(=O)CCCCCN2C(=O)c3ccccc3C2=O)C1. The maximum absolute atomic E-state index is 12.4. The van der Waals surface area contributed by atoms with Gasteiger partial charge in [-0.3, -0.25) is 24.1 Å². The number of fused-ring (bicyclic) bond motifs is 1. The van der Waals surface area contributed by atoms with E-state index in [0.717, 1.165) is 19.3 Å². The van der Waals surface area contributed by atoms with Gasteiger partial charge in [0, 0.05) is 26.1 Å². The lowest BCUT2D eigenvalue weighted by Gasteiger charge is -2.31. The second-order valence-corrected chi connectivity index (χ2v) is 7.32. The molecule has 0 aliphatic carbocycles. The predicted octanol–water partition coefficient (Wildman–Crippen LogP) is 2.25. The number of carbonyl (C=O) groups excluding carboxylic acids is 4. The lowest BCUT2D eigenvalue weighted by Crippen LogP contribution is -2.42. The molecule has 0 radical (unpaired) electrons. The van der Waals surface area contributed by atoms with Crippen molar-refractivity contribution in [2.75, 3.05) is 26.7 Å². The summed E-state index contributed by atoms with van der Waals surface area (Å²) in [7, 11) is 1.37. The van der Waals surface area contributed by atoms with Crippen molar-refractivity contribution < 1.29 is 23.9 Å². The minimum atomic E-state index is -0.251. The van der Waals surface area contributed by atoms with E-state index in [4.69, 9.17) is 4.74 Å². The van der Waals surface area contributed by atoms with Gasteiger partial charge in [-0.05, 0) is 37.8 Å². The van der Waals surface area contributed by atoms with Crippen molar-refractivity contribution in [3.8, 4) is 0 Å². The van der Waals surface area contributed by atoms with Crippen molar-refractivity contribution in [2.24, 2.45) is 5.92 Å². The van der Waals surface area contributed by atoms with Crippen LogP contribution >= 0.6 is 0 Å². The first-order valence-electron chi connectivity index (χ1n) is 9.83. The van der Waals surface area contributed by atoms with Gasteiger partial charge in [0.05, 0.1) is 24.2 Å². The van der Waals surface area contributed by atoms with E-state index in [1.54, 1.807) is 29.2 Å². The van der Waals surface area contributed by atoms with E-state index in [2.05, 4.69) is 0 Å². The Hall–Kier alpha value is -2.70. The van der Waals surface area contributed by atoms with Gasteiger partial charge < -0.3 is 9.64 Å². The van der Waals surface area contributed by atoms with Crippen LogP contribution in [0.1, 0.15) is 59.2 Å². The van der Waals surface area contributed by atoms with Crippen LogP contribution in [0.3, 0.4) is 0 Å². The number of esters is 1. The molecule has 1 aromatic rings. The number of methoxy groups -OCH3 is 1. The van der Waals surface area contributed by atoms with Crippen molar-refractivity contribution >= 4 is 23.7 Å². The highest BCUT2D eigenvalue weighted by Crippen LogP contribution is 2.23. The summed E-state index contributed by atoms with van der Waals surface area (Å²) in [5.74, 6) is -0.901. The molecule has 2 aliphatic rings. The molecule has 1 atom stereocenters. The van der Waals surface area contributed by atoms with Crippen LogP contribution in [0.4, 0.5) is 0 Å². The van der Waals surface area contributed by atoms with Gasteiger partial charge in [0.25, 0.3) is 11.8 Å². The summed E-state index contributed by atoms with van der Waals surface area (Å²) >= 11 is 0. The normalized spacial score (nSPS) is 19.0. The molecule has 7 heteroatoms. The number of unbranched alkanes of at least 4 members (excludes halogenated alkanes) is 2. The number of hydrogen-bond donors (Lipinski definition) is 0. The third-order valence-electron chi connectivity index (χ3n) is 5.46. The Morgan fingerprint density at radius 1 is 1.07 bits per heavy atom. The Bertz CT molecular complexity index is 741. The summed E-state index contributed by atoms with van der Waals surface area (Å²) in [6.07, 6.45) is 4.11. The third-order valence-corrected chi connectivity index (χ3v) is 5.46. The lowest BCUT2D eigenvalue weighted by atomic mass is 9.97. The zero-order chi connectivity index (χ0) is 20.1. The number of likely N-dealkylation sites (tertiary alicyclic amines) is 1. The van der Waals surface area contributed by atoms with Gasteiger partial charge in [0.1, 0.15) is 0 Å². The summed E-state index contributed by atoms with van der Waals surface area (Å²) in [6, 6.07) is 6.86. The van der Waals surface area contributed by atoms with E-state index >= 15 is 0 Å². The van der Waals surface area contributed by atoms with Crippen LogP contribution in [-0.4, -0.2) is 60.2 Å². The van der Waals surface area contributed by atoms with Crippen molar-refractivity contribution in [3.63, 3.8) is 0 Å². The molecule has 0 spiro atoms. The fourth-order valence-electron chi connectivity index (χ4n) is 3.89. The molecule has 2 heterocycles. The average molecular weight is 386 g/mol. The van der Waals surface area contributed by atoms with Crippen molar-refractivity contribution in [2.45, 2.75) is 38.5 Å². The number of piperidine rings is 1. The van der Waals surface area contributed by atoms with Gasteiger partial charge >= 0.3 is 5.97 Å². The van der Waals surface area contributed by atoms with Crippen LogP contribution in [0.5, 0.6) is 0 Å². The second-order valence-electron chi connectivity index (χ2n) is 7.32. The monoisotopic (exact) mass is 386 g/mol. The molecular weight excluding hydrogens is 360 g/mol. The molecule has 0 saturated carbocycles. The zero-order valence-electron chi connectivity index (χ0n) is 16.2. The number of hydrogen-bond acceptors (Lipinski definition) is 5. The number of rotatable bonds is 7. The highest BCUT2D eigenvalue weighted by atomic mass is 16.5. The summed E-state index contributed by atoms with van der Waals surface area (Å²) < 4.78 is 4.78. The van der Waals surface area contributed by atoms with E-state index in [0.29, 0.717) is 50.0 Å². The molecule has 150 valence electrons. The Balaban J connectivity index is 1.38. The molecule has 1 saturated heterocycles. The molecule has 28 heavy (non-hydrogen) atoms. The van der Waals surface area contributed by atoms with Crippen molar-refractivity contribution in [1.29, 1.82) is 0 Å². The minimum absolute atomic E-state index is 0.0503. The summed E-state index contributed by atoms with van der Waals surface area (Å²) in [6.45, 7) is 1.48. The maximum Gasteiger partial charge on any atom is 0.310 e. The molecule has 1 aromatic carbocycles. The maximum atomic E-state index is 12.4. The van der Waals surface area contributed by atoms with E-state index in [9.17, 15) is 19.2 Å². The van der Waals surface area contributed by atoms with Crippen molar-refractivity contribution in [1.82, 2.24) is 9.80 Å². The van der Waals surface area contributed by atoms with Crippen LogP contribution in [-0.2, 0) is 14.3 Å². The smallest absolute Gasteiger partial charge is 0.310 e. The van der Waals surface area contributed by atoms with E-state index in [1.165, 1.54) is 12.0 Å². The average Bonchev–Trinajstić information content (AvgIpc) is 2.97. The molecule has 7 nitrogen and oxygen atoms in total. The molecule has 3 amide bonds. The number of nitrogens with zero attached hydrogens (tertiary/aromatic N) is 2. The molecule has 1 unspecified atom stereocenters. The summed E-state index contributed by atoms with van der Waals surface area (Å²) in [5, 5.41) is 0. The first kappa shape index (κ1) is 20.0. The quantitative estimate of drug-likeness (QED) is 0.408. The highest BCUT2D eigenvalue weighted by Gasteiger charge is 2.34. The molecule has 0 aromatic heterocycles. The standard InChI is InChI=1S/C21H26N2O5/c1-28-21(27)15-8-7-12-22(14-15)18(24)11-3-2-6-13-23-19(25)16-9-4-5-10-17(16)20(23)26/h4-5,9-10,15H,2-3,6-8,11-14H2,1H3. The van der Waals surface area contributed by atoms with E-state index < -0.39 is 0 Å². The fraction of sp³-hybridized carbons (Fsp3) is 0.524. The predicted molar refractivity (Wildman–Crippen MR) is 102 cm³/mol. The Morgan fingerprint density at radius 2 is 1.75 bits per heavy atom.